The Bertz CT molecular complexity index is 4820. The third-order valence-corrected chi connectivity index (χ3v) is 20.6. The Morgan fingerprint density at radius 3 is 1.48 bits per heavy atom. The molecule has 13 atom stereocenters. The minimum absolute atomic E-state index is 0.0282. The molecule has 0 bridgehead atoms. The van der Waals surface area contributed by atoms with Crippen molar-refractivity contribution < 1.29 is 106 Å². The van der Waals surface area contributed by atoms with Crippen molar-refractivity contribution >= 4 is 159 Å². The van der Waals surface area contributed by atoms with Crippen LogP contribution in [0.3, 0.4) is 0 Å². The van der Waals surface area contributed by atoms with Crippen LogP contribution in [0.4, 0.5) is 0 Å². The van der Waals surface area contributed by atoms with Gasteiger partial charge >= 0.3 is 5.97 Å². The van der Waals surface area contributed by atoms with E-state index in [4.69, 9.17) is 40.3 Å². The normalized spacial score (nSPS) is 14.7. The van der Waals surface area contributed by atoms with E-state index < -0.39 is 252 Å². The number of aromatic amines is 1. The molecule has 0 spiro atoms. The van der Waals surface area contributed by atoms with Crippen LogP contribution in [0.25, 0.3) is 21.7 Å². The zero-order chi connectivity index (χ0) is 95.0. The molecule has 25 N–H and O–H groups in total. The molecular weight excluding hydrogens is 1690 g/mol. The van der Waals surface area contributed by atoms with Gasteiger partial charge in [-0.3, -0.25) is 91.1 Å². The average Bonchev–Trinajstić information content (AvgIpc) is 1.76. The van der Waals surface area contributed by atoms with Crippen LogP contribution < -0.4 is 102 Å². The summed E-state index contributed by atoms with van der Waals surface area (Å²) in [6.45, 7) is 13.3. The van der Waals surface area contributed by atoms with E-state index in [0.29, 0.717) is 38.7 Å². The van der Waals surface area contributed by atoms with Crippen molar-refractivity contribution in [1.82, 2.24) is 79.4 Å². The average molecular weight is 1810 g/mol. The molecule has 0 fully saturated rings. The van der Waals surface area contributed by atoms with E-state index in [-0.39, 0.29) is 51.3 Å². The number of aliphatic hydroxyl groups excluding tert-OH is 1. The van der Waals surface area contributed by atoms with Crippen LogP contribution in [-0.2, 0) is 110 Å². The summed E-state index contributed by atoms with van der Waals surface area (Å²) in [5.41, 5.74) is 21.4. The molecule has 0 aliphatic heterocycles. The molecule has 0 aliphatic carbocycles. The molecule has 127 heavy (non-hydrogen) atoms. The lowest BCUT2D eigenvalue weighted by Gasteiger charge is -2.34. The minimum atomic E-state index is -2.16. The molecule has 692 valence electrons. The van der Waals surface area contributed by atoms with E-state index in [1.54, 1.807) is 60.7 Å². The highest BCUT2D eigenvalue weighted by molar-refractivity contribution is 7.82. The Kier molecular flexibility index (Phi) is 40.4. The topological polar surface area (TPSA) is 662 Å². The monoisotopic (exact) mass is 1810 g/mol. The van der Waals surface area contributed by atoms with Gasteiger partial charge in [-0.05, 0) is 133 Å². The molecule has 4 aromatic carbocycles. The lowest BCUT2D eigenvalue weighted by Crippen LogP contribution is -2.65. The van der Waals surface area contributed by atoms with Gasteiger partial charge in [-0.25, -0.2) is 0 Å². The van der Waals surface area contributed by atoms with Gasteiger partial charge in [0.1, 0.15) is 84.4 Å². The quantitative estimate of drug-likeness (QED) is 0.0136. The summed E-state index contributed by atoms with van der Waals surface area (Å²) < 4.78 is 2.91. The first-order valence-electron chi connectivity index (χ1n) is 40.8. The molecule has 43 heteroatoms. The third-order valence-electron chi connectivity index (χ3n) is 20.1. The fourth-order valence-electron chi connectivity index (χ4n) is 13.1. The summed E-state index contributed by atoms with van der Waals surface area (Å²) in [4.78, 5) is 263. The molecule has 0 saturated heterocycles. The molecule has 41 nitrogen and oxygen atoms in total. The van der Waals surface area contributed by atoms with Gasteiger partial charge in [0.15, 0.2) is 0 Å². The molecule has 18 amide bonds. The van der Waals surface area contributed by atoms with Crippen LogP contribution in [0.15, 0.2) is 97.2 Å². The summed E-state index contributed by atoms with van der Waals surface area (Å²) >= 11 is 9.18. The van der Waals surface area contributed by atoms with Gasteiger partial charge in [-0.15, -0.1) is 0 Å². The van der Waals surface area contributed by atoms with Gasteiger partial charge in [-0.1, -0.05) is 72.8 Å². The van der Waals surface area contributed by atoms with Crippen molar-refractivity contribution in [2.45, 2.75) is 240 Å². The molecule has 5 rings (SSSR count). The number of benzene rings is 4. The number of H-pyrrole nitrogens is 1. The fraction of sp³-hybridized carbons (Fsp3) is 0.488. The molecule has 1 heterocycles. The highest BCUT2D eigenvalue weighted by Crippen LogP contribution is 2.26. The van der Waals surface area contributed by atoms with Crippen LogP contribution in [0.5, 0.6) is 5.75 Å². The van der Waals surface area contributed by atoms with Crippen LogP contribution in [0.2, 0.25) is 0 Å². The number of aromatic nitrogens is 1. The van der Waals surface area contributed by atoms with Gasteiger partial charge in [0.25, 0.3) is 0 Å². The number of carbonyl (C=O) groups is 19. The Balaban J connectivity index is 1.61. The first-order chi connectivity index (χ1) is 59.4. The number of ether oxygens (including phenoxy) is 1. The van der Waals surface area contributed by atoms with Gasteiger partial charge in [-0.2, -0.15) is 25.3 Å². The number of nitrogens with two attached hydrogens (primary N) is 4. The zero-order valence-electron chi connectivity index (χ0n) is 72.2. The molecule has 0 radical (unpaired) electrons. The van der Waals surface area contributed by atoms with Gasteiger partial charge in [0, 0.05) is 92.4 Å². The van der Waals surface area contributed by atoms with Gasteiger partial charge in [0.2, 0.25) is 106 Å². The van der Waals surface area contributed by atoms with Crippen LogP contribution in [0.1, 0.15) is 150 Å². The van der Waals surface area contributed by atoms with Crippen molar-refractivity contribution in [3.63, 3.8) is 0 Å². The lowest BCUT2D eigenvalue weighted by atomic mass is 9.91. The maximum Gasteiger partial charge on any atom is 0.303 e. The number of hydrogen-bond donors (Lipinski definition) is 23. The van der Waals surface area contributed by atoms with E-state index in [0.717, 1.165) is 19.2 Å². The Labute approximate surface area is 743 Å². The molecule has 0 saturated carbocycles. The maximum absolute atomic E-state index is 15.7. The standard InChI is InChI=1S/C84H117N19O22S2/c1-43(70(88)113)92-74(117)62(41-65(87)110)97-71(114)58(29-32-66(111)112)100-81(124)84(10,33-15-16-34-89-45(3)105)103-77(120)60(39-49-21-24-50-17-11-12-18-51(50)37-49)96-75(118)59(38-48-22-25-53(26-23-48)125-36-35-90-46(4)106)99-80(123)69(83(8,9)127)102-73(116)57(28-31-64(86)109)94-76(119)61(40-52-42-91-55-20-14-13-19-54(52)55)98-78(121)67(44(2)104)101-72(115)56(27-30-63(85)108)95-79(122)68(82(6,7)126)93-47(5)107/h11-14,17-26,37,42-44,56-62,67-69,91,104,126-127H,15-16,27-36,38-41H2,1-10H3,(H2,85,108)(H2,86,109)(H2,87,110)(H2,88,113)(H,89,105)(H,90,106)(H,92,117)(H,93,107)(H,94,119)(H,95,122)(H,96,118)(H,97,114)(H,98,121)(H,99,123)(H,100,124)(H,101,115)(H,102,116)(H,103,120)(H,111,112)/t43-,44+,56-,57-,58-,59-,60-,61-,62-,67-,68+,69+,84-/m0/s1. The van der Waals surface area contributed by atoms with Crippen LogP contribution in [0, 0.1) is 0 Å². The Hall–Kier alpha value is -12.9. The number of thiol groups is 2. The molecule has 0 aliphatic rings. The Morgan fingerprint density at radius 2 is 0.921 bits per heavy atom. The van der Waals surface area contributed by atoms with Crippen molar-refractivity contribution in [1.29, 1.82) is 0 Å². The Morgan fingerprint density at radius 1 is 0.457 bits per heavy atom. The summed E-state index contributed by atoms with van der Waals surface area (Å²) in [6, 6.07) is 6.16. The van der Waals surface area contributed by atoms with Crippen LogP contribution >= 0.6 is 25.3 Å². The first kappa shape index (κ1) is 105. The number of aliphatic hydroxyl groups is 1. The van der Waals surface area contributed by atoms with Crippen molar-refractivity contribution in [2.24, 2.45) is 22.9 Å². The summed E-state index contributed by atoms with van der Waals surface area (Å²) in [5, 5.41) is 58.4. The second kappa shape index (κ2) is 49.1. The van der Waals surface area contributed by atoms with E-state index >= 15 is 28.8 Å². The first-order valence-corrected chi connectivity index (χ1v) is 41.7. The number of primary amides is 4. The van der Waals surface area contributed by atoms with Crippen molar-refractivity contribution in [2.75, 3.05) is 19.7 Å². The second-order valence-electron chi connectivity index (χ2n) is 32.1. The van der Waals surface area contributed by atoms with Crippen LogP contribution in [-0.4, -0.2) is 235 Å². The number of fused-ring (bicyclic) bond motifs is 2. The van der Waals surface area contributed by atoms with Crippen molar-refractivity contribution in [3.05, 3.63) is 114 Å². The largest absolute Gasteiger partial charge is 0.492 e. The predicted molar refractivity (Wildman–Crippen MR) is 470 cm³/mol. The van der Waals surface area contributed by atoms with Gasteiger partial charge < -0.3 is 117 Å². The molecular formula is C84H117N19O22S2. The molecule has 0 unspecified atom stereocenters. The number of nitrogens with one attached hydrogen (secondary N) is 15. The third kappa shape index (κ3) is 35.2. The lowest BCUT2D eigenvalue weighted by molar-refractivity contribution is -0.140. The molecule has 5 aromatic rings. The smallest absolute Gasteiger partial charge is 0.303 e. The number of carboxylic acid groups (broad SMARTS) is 1. The number of aliphatic carboxylic acids is 1. The molecule has 1 aromatic heterocycles. The number of carboxylic acids is 1. The fourth-order valence-corrected chi connectivity index (χ4v) is 13.5. The number of rotatable bonds is 53. The van der Waals surface area contributed by atoms with E-state index in [1.165, 1.54) is 85.9 Å². The van der Waals surface area contributed by atoms with E-state index in [1.807, 2.05) is 6.07 Å². The van der Waals surface area contributed by atoms with Gasteiger partial charge in [0.05, 0.1) is 19.1 Å². The second-order valence-corrected chi connectivity index (χ2v) is 34.4. The summed E-state index contributed by atoms with van der Waals surface area (Å²) in [5.74, 6) is -18.9. The summed E-state index contributed by atoms with van der Waals surface area (Å²) in [7, 11) is 0. The SMILES string of the molecule is CC(=O)NCCCC[C@](C)(NC(=O)[C@H](Cc1ccc2ccccc2c1)NC(=O)[C@H](Cc1ccc(OCCNC(C)=O)cc1)NC(=O)[C@@H](NC(=O)[C@H](CCC(N)=O)NC(=O)[C@H](Cc1c[nH]c2ccccc12)NC(=O)[C@@H](NC(=O)[C@H](CCC(N)=O)NC(=O)[C@@H](NC(C)=O)C(C)(C)S)[C@@H](C)O)C(C)(C)S)C(=O)N[C@@H](CCC(=O)O)C(=O)N[C@@H](CC(N)=O)C(=O)N[C@@H](C)C(N)=O. The minimum Gasteiger partial charge on any atom is -0.492 e. The maximum atomic E-state index is 15.7. The summed E-state index contributed by atoms with van der Waals surface area (Å²) in [6.07, 6.45) is -6.01. The number of hydrogen-bond acceptors (Lipinski definition) is 23. The zero-order valence-corrected chi connectivity index (χ0v) is 74.0. The number of para-hydroxylation sites is 1. The highest BCUT2D eigenvalue weighted by atomic mass is 32.1. The highest BCUT2D eigenvalue weighted by Gasteiger charge is 2.44. The number of carbonyl (C=O) groups excluding carboxylic acids is 18. The predicted octanol–water partition coefficient (Wildman–Crippen LogP) is -3.03. The van der Waals surface area contributed by atoms with Crippen molar-refractivity contribution in [3.8, 4) is 5.75 Å². The number of unbranched alkanes of at least 4 members (excludes halogenated alkanes) is 1. The van der Waals surface area contributed by atoms with E-state index in [9.17, 15) is 72.5 Å². The number of amides is 18. The van der Waals surface area contributed by atoms with E-state index in [2.05, 4.69) is 92.0 Å².